The van der Waals surface area contributed by atoms with E-state index in [1.165, 1.54) is 19.3 Å². The Kier molecular flexibility index (Phi) is 4.23. The summed E-state index contributed by atoms with van der Waals surface area (Å²) in [5, 5.41) is 12.1. The van der Waals surface area contributed by atoms with Gasteiger partial charge in [0.05, 0.1) is 15.7 Å². The van der Waals surface area contributed by atoms with Crippen LogP contribution in [0.1, 0.15) is 38.2 Å². The summed E-state index contributed by atoms with van der Waals surface area (Å²) >= 11 is 3.13. The Morgan fingerprint density at radius 2 is 2.11 bits per heavy atom. The fraction of sp³-hybridized carbons (Fsp3) is 0.500. The molecule has 0 heterocycles. The second-order valence-electron chi connectivity index (χ2n) is 4.91. The summed E-state index contributed by atoms with van der Waals surface area (Å²) < 4.78 is 14.3. The highest BCUT2D eigenvalue weighted by molar-refractivity contribution is 9.10. The fourth-order valence-corrected chi connectivity index (χ4v) is 2.91. The molecule has 1 aromatic carbocycles. The predicted molar refractivity (Wildman–Crippen MR) is 73.9 cm³/mol. The maximum atomic E-state index is 14.1. The molecule has 1 fully saturated rings. The smallest absolute Gasteiger partial charge is 0.161 e. The van der Waals surface area contributed by atoms with Crippen molar-refractivity contribution in [3.63, 3.8) is 0 Å². The van der Waals surface area contributed by atoms with Crippen LogP contribution in [0.15, 0.2) is 16.6 Å². The van der Waals surface area contributed by atoms with Crippen LogP contribution in [-0.2, 0) is 0 Å². The summed E-state index contributed by atoms with van der Waals surface area (Å²) in [7, 11) is 0. The summed E-state index contributed by atoms with van der Waals surface area (Å²) in [4.78, 5) is 0. The van der Waals surface area contributed by atoms with Crippen molar-refractivity contribution >= 4 is 21.6 Å². The summed E-state index contributed by atoms with van der Waals surface area (Å²) in [6, 6.07) is 5.58. The third-order valence-corrected chi connectivity index (χ3v) is 4.43. The molecule has 1 aliphatic rings. The molecule has 1 saturated carbocycles. The zero-order valence-corrected chi connectivity index (χ0v) is 11.9. The van der Waals surface area contributed by atoms with E-state index < -0.39 is 0 Å². The number of halogens is 2. The van der Waals surface area contributed by atoms with Gasteiger partial charge < -0.3 is 5.32 Å². The van der Waals surface area contributed by atoms with E-state index >= 15 is 0 Å². The molecule has 2 unspecified atom stereocenters. The molecule has 18 heavy (non-hydrogen) atoms. The molecule has 0 bridgehead atoms. The highest BCUT2D eigenvalue weighted by Crippen LogP contribution is 2.31. The van der Waals surface area contributed by atoms with Gasteiger partial charge in [-0.25, -0.2) is 4.39 Å². The average molecular weight is 311 g/mol. The molecule has 0 radical (unpaired) electrons. The van der Waals surface area contributed by atoms with E-state index in [0.717, 1.165) is 6.42 Å². The third kappa shape index (κ3) is 2.67. The SMILES string of the molecule is CC1CCCCC1Nc1ccc(C#N)c(Br)c1F. The minimum atomic E-state index is -0.369. The summed E-state index contributed by atoms with van der Waals surface area (Å²) in [6.07, 6.45) is 4.73. The highest BCUT2D eigenvalue weighted by atomic mass is 79.9. The number of nitrogens with zero attached hydrogens (tertiary/aromatic N) is 1. The van der Waals surface area contributed by atoms with Crippen molar-refractivity contribution < 1.29 is 4.39 Å². The van der Waals surface area contributed by atoms with Crippen molar-refractivity contribution in [3.8, 4) is 6.07 Å². The van der Waals surface area contributed by atoms with Gasteiger partial charge in [0.1, 0.15) is 6.07 Å². The molecule has 96 valence electrons. The van der Waals surface area contributed by atoms with E-state index in [4.69, 9.17) is 5.26 Å². The molecule has 2 rings (SSSR count). The molecule has 0 spiro atoms. The molecule has 0 amide bonds. The first-order chi connectivity index (χ1) is 8.63. The van der Waals surface area contributed by atoms with Crippen LogP contribution >= 0.6 is 15.9 Å². The molecule has 1 aliphatic carbocycles. The van der Waals surface area contributed by atoms with Gasteiger partial charge in [-0.3, -0.25) is 0 Å². The molecule has 2 nitrogen and oxygen atoms in total. The van der Waals surface area contributed by atoms with Crippen LogP contribution in [-0.4, -0.2) is 6.04 Å². The Labute approximate surface area is 115 Å². The lowest BCUT2D eigenvalue weighted by Crippen LogP contribution is -2.30. The zero-order chi connectivity index (χ0) is 13.1. The number of anilines is 1. The van der Waals surface area contributed by atoms with Crippen LogP contribution in [0.25, 0.3) is 0 Å². The normalized spacial score (nSPS) is 23.4. The molecule has 0 saturated heterocycles. The van der Waals surface area contributed by atoms with E-state index in [1.807, 2.05) is 6.07 Å². The first kappa shape index (κ1) is 13.4. The van der Waals surface area contributed by atoms with Crippen molar-refractivity contribution in [2.24, 2.45) is 5.92 Å². The molecule has 2 atom stereocenters. The lowest BCUT2D eigenvalue weighted by Gasteiger charge is -2.30. The van der Waals surface area contributed by atoms with Crippen LogP contribution in [0.2, 0.25) is 0 Å². The van der Waals surface area contributed by atoms with Gasteiger partial charge in [-0.2, -0.15) is 5.26 Å². The van der Waals surface area contributed by atoms with Crippen molar-refractivity contribution in [1.82, 2.24) is 0 Å². The van der Waals surface area contributed by atoms with Crippen LogP contribution in [0.5, 0.6) is 0 Å². The molecule has 1 aromatic rings. The van der Waals surface area contributed by atoms with E-state index in [9.17, 15) is 4.39 Å². The van der Waals surface area contributed by atoms with Gasteiger partial charge >= 0.3 is 0 Å². The van der Waals surface area contributed by atoms with Gasteiger partial charge in [-0.1, -0.05) is 19.8 Å². The lowest BCUT2D eigenvalue weighted by atomic mass is 9.86. The van der Waals surface area contributed by atoms with Crippen LogP contribution in [0.4, 0.5) is 10.1 Å². The number of hydrogen-bond donors (Lipinski definition) is 1. The van der Waals surface area contributed by atoms with Crippen molar-refractivity contribution in [2.75, 3.05) is 5.32 Å². The van der Waals surface area contributed by atoms with Gasteiger partial charge in [0.2, 0.25) is 0 Å². The zero-order valence-electron chi connectivity index (χ0n) is 10.3. The number of rotatable bonds is 2. The van der Waals surface area contributed by atoms with E-state index in [0.29, 0.717) is 23.2 Å². The largest absolute Gasteiger partial charge is 0.380 e. The summed E-state index contributed by atoms with van der Waals surface area (Å²) in [5.74, 6) is 0.194. The molecular formula is C14H16BrFN2. The van der Waals surface area contributed by atoms with Crippen LogP contribution < -0.4 is 5.32 Å². The number of benzene rings is 1. The Morgan fingerprint density at radius 3 is 2.78 bits per heavy atom. The minimum Gasteiger partial charge on any atom is -0.380 e. The van der Waals surface area contributed by atoms with Gasteiger partial charge in [-0.05, 0) is 46.8 Å². The second kappa shape index (κ2) is 5.71. The molecule has 0 aliphatic heterocycles. The Bertz CT molecular complexity index is 481. The molecular weight excluding hydrogens is 295 g/mol. The van der Waals surface area contributed by atoms with Crippen LogP contribution in [0.3, 0.4) is 0 Å². The topological polar surface area (TPSA) is 35.8 Å². The quantitative estimate of drug-likeness (QED) is 0.876. The lowest BCUT2D eigenvalue weighted by molar-refractivity contribution is 0.348. The van der Waals surface area contributed by atoms with Crippen LogP contribution in [0, 0.1) is 23.1 Å². The number of nitrogens with one attached hydrogen (secondary N) is 1. The van der Waals surface area contributed by atoms with E-state index in [2.05, 4.69) is 28.2 Å². The Hall–Kier alpha value is -1.08. The van der Waals surface area contributed by atoms with Crippen molar-refractivity contribution in [3.05, 3.63) is 28.0 Å². The highest BCUT2D eigenvalue weighted by Gasteiger charge is 2.22. The standard InChI is InChI=1S/C14H16BrFN2/c1-9-4-2-3-5-11(9)18-12-7-6-10(8-17)13(15)14(12)16/h6-7,9,11,18H,2-5H2,1H3. The van der Waals surface area contributed by atoms with Gasteiger partial charge in [0.15, 0.2) is 5.82 Å². The summed E-state index contributed by atoms with van der Waals surface area (Å²) in [5.41, 5.74) is 0.814. The Morgan fingerprint density at radius 1 is 1.39 bits per heavy atom. The second-order valence-corrected chi connectivity index (χ2v) is 5.71. The number of hydrogen-bond acceptors (Lipinski definition) is 2. The maximum Gasteiger partial charge on any atom is 0.161 e. The fourth-order valence-electron chi connectivity index (χ4n) is 2.48. The third-order valence-electron chi connectivity index (χ3n) is 3.66. The van der Waals surface area contributed by atoms with E-state index in [1.54, 1.807) is 12.1 Å². The van der Waals surface area contributed by atoms with E-state index in [-0.39, 0.29) is 10.3 Å². The maximum absolute atomic E-state index is 14.1. The first-order valence-corrected chi connectivity index (χ1v) is 7.07. The van der Waals surface area contributed by atoms with Gasteiger partial charge in [-0.15, -0.1) is 0 Å². The van der Waals surface area contributed by atoms with Crippen molar-refractivity contribution in [1.29, 1.82) is 5.26 Å². The minimum absolute atomic E-state index is 0.249. The summed E-state index contributed by atoms with van der Waals surface area (Å²) in [6.45, 7) is 2.20. The predicted octanol–water partition coefficient (Wildman–Crippen LogP) is 4.45. The average Bonchev–Trinajstić information content (AvgIpc) is 2.38. The van der Waals surface area contributed by atoms with Crippen molar-refractivity contribution in [2.45, 2.75) is 38.6 Å². The Balaban J connectivity index is 2.19. The number of nitriles is 1. The monoisotopic (exact) mass is 310 g/mol. The first-order valence-electron chi connectivity index (χ1n) is 6.28. The molecule has 4 heteroatoms. The van der Waals surface area contributed by atoms with Gasteiger partial charge in [0.25, 0.3) is 0 Å². The molecule has 0 aromatic heterocycles. The molecule has 1 N–H and O–H groups in total. The van der Waals surface area contributed by atoms with Gasteiger partial charge in [0, 0.05) is 6.04 Å².